The smallest absolute Gasteiger partial charge is 0.211 e. The molecule has 1 atom stereocenters. The van der Waals surface area contributed by atoms with Crippen LogP contribution in [0, 0.1) is 0 Å². The van der Waals surface area contributed by atoms with Crippen LogP contribution in [0.3, 0.4) is 0 Å². The van der Waals surface area contributed by atoms with Crippen molar-refractivity contribution in [2.45, 2.75) is 26.4 Å². The van der Waals surface area contributed by atoms with Crippen LogP contribution in [0.4, 0.5) is 0 Å². The average Bonchev–Trinajstić information content (AvgIpc) is 2.97. The molecular formula is C15H27ClN4O3S2. The van der Waals surface area contributed by atoms with Crippen molar-refractivity contribution < 1.29 is 13.5 Å². The van der Waals surface area contributed by atoms with Gasteiger partial charge in [0.1, 0.15) is 6.10 Å². The zero-order valence-corrected chi connectivity index (χ0v) is 17.2. The lowest BCUT2D eigenvalue weighted by molar-refractivity contribution is 0.191. The van der Waals surface area contributed by atoms with Crippen molar-refractivity contribution >= 4 is 38.9 Å². The molecule has 1 unspecified atom stereocenters. The Labute approximate surface area is 159 Å². The minimum Gasteiger partial charge on any atom is -0.386 e. The maximum absolute atomic E-state index is 11.5. The molecule has 3 N–H and O–H groups in total. The van der Waals surface area contributed by atoms with Gasteiger partial charge < -0.3 is 15.7 Å². The zero-order chi connectivity index (χ0) is 18.9. The van der Waals surface area contributed by atoms with Gasteiger partial charge in [0, 0.05) is 31.1 Å². The number of aliphatic imine (C=N–C) groups is 1. The number of sulfonamides is 1. The van der Waals surface area contributed by atoms with Crippen molar-refractivity contribution in [3.8, 4) is 0 Å². The van der Waals surface area contributed by atoms with Gasteiger partial charge in [0.2, 0.25) is 10.0 Å². The quantitative estimate of drug-likeness (QED) is 0.310. The summed E-state index contributed by atoms with van der Waals surface area (Å²) in [6, 6.07) is 3.54. The summed E-state index contributed by atoms with van der Waals surface area (Å²) < 4.78 is 25.1. The Hall–Kier alpha value is -0.870. The lowest BCUT2D eigenvalue weighted by Gasteiger charge is -2.18. The lowest BCUT2D eigenvalue weighted by atomic mass is 10.3. The Balaban J connectivity index is 2.48. The molecule has 7 nitrogen and oxygen atoms in total. The summed E-state index contributed by atoms with van der Waals surface area (Å²) in [4.78, 5) is 5.14. The third-order valence-corrected chi connectivity index (χ3v) is 6.10. The fourth-order valence-electron chi connectivity index (χ4n) is 2.14. The summed E-state index contributed by atoms with van der Waals surface area (Å²) in [6.07, 6.45) is 1.18. The van der Waals surface area contributed by atoms with E-state index in [9.17, 15) is 13.5 Å². The van der Waals surface area contributed by atoms with Crippen LogP contribution in [0.2, 0.25) is 4.34 Å². The molecule has 1 heterocycles. The van der Waals surface area contributed by atoms with E-state index in [2.05, 4.69) is 15.6 Å². The van der Waals surface area contributed by atoms with E-state index in [0.29, 0.717) is 42.9 Å². The maximum Gasteiger partial charge on any atom is 0.211 e. The van der Waals surface area contributed by atoms with Crippen LogP contribution in [0.25, 0.3) is 0 Å². The van der Waals surface area contributed by atoms with E-state index in [1.807, 2.05) is 13.8 Å². The number of nitrogens with zero attached hydrogens (tertiary/aromatic N) is 2. The van der Waals surface area contributed by atoms with Crippen molar-refractivity contribution in [3.63, 3.8) is 0 Å². The zero-order valence-electron chi connectivity index (χ0n) is 14.8. The standard InChI is InChI=1S/C15H27ClN4O3S2/c1-4-17-15(18-9-6-10-20(5-2)25(3,22)23)19-11-12(21)13-7-8-14(16)24-13/h7-8,12,21H,4-6,9-11H2,1-3H3,(H2,17,18,19). The first-order valence-corrected chi connectivity index (χ1v) is 11.2. The van der Waals surface area contributed by atoms with Gasteiger partial charge in [-0.15, -0.1) is 11.3 Å². The molecular weight excluding hydrogens is 384 g/mol. The van der Waals surface area contributed by atoms with Crippen molar-refractivity contribution in [1.82, 2.24) is 14.9 Å². The molecule has 1 rings (SSSR count). The molecule has 1 aromatic heterocycles. The lowest BCUT2D eigenvalue weighted by Crippen LogP contribution is -2.39. The van der Waals surface area contributed by atoms with E-state index in [1.165, 1.54) is 21.9 Å². The van der Waals surface area contributed by atoms with Crippen molar-refractivity contribution in [2.24, 2.45) is 4.99 Å². The predicted molar refractivity (Wildman–Crippen MR) is 105 cm³/mol. The monoisotopic (exact) mass is 410 g/mol. The van der Waals surface area contributed by atoms with Gasteiger partial charge in [-0.3, -0.25) is 4.99 Å². The summed E-state index contributed by atoms with van der Waals surface area (Å²) in [7, 11) is -3.16. The van der Waals surface area contributed by atoms with E-state index < -0.39 is 16.1 Å². The number of aliphatic hydroxyl groups excluding tert-OH is 1. The van der Waals surface area contributed by atoms with Gasteiger partial charge in [0.05, 0.1) is 17.1 Å². The van der Waals surface area contributed by atoms with Gasteiger partial charge in [0.15, 0.2) is 5.96 Å². The van der Waals surface area contributed by atoms with Crippen LogP contribution in [0.1, 0.15) is 31.2 Å². The molecule has 0 aliphatic heterocycles. The van der Waals surface area contributed by atoms with Crippen LogP contribution < -0.4 is 10.6 Å². The van der Waals surface area contributed by atoms with Gasteiger partial charge in [-0.2, -0.15) is 0 Å². The Morgan fingerprint density at radius 1 is 1.40 bits per heavy atom. The second-order valence-corrected chi connectivity index (χ2v) is 9.14. The first-order valence-electron chi connectivity index (χ1n) is 8.18. The number of aliphatic hydroxyl groups is 1. The summed E-state index contributed by atoms with van der Waals surface area (Å²) in [5.74, 6) is 0.589. The van der Waals surface area contributed by atoms with E-state index >= 15 is 0 Å². The number of nitrogens with one attached hydrogen (secondary N) is 2. The fourth-order valence-corrected chi connectivity index (χ4v) is 4.11. The molecule has 0 fully saturated rings. The Bertz CT molecular complexity index is 649. The molecule has 0 aliphatic carbocycles. The first kappa shape index (κ1) is 22.2. The topological polar surface area (TPSA) is 94.0 Å². The van der Waals surface area contributed by atoms with Crippen molar-refractivity contribution in [3.05, 3.63) is 21.3 Å². The Kier molecular flexibility index (Phi) is 9.73. The van der Waals surface area contributed by atoms with E-state index in [1.54, 1.807) is 12.1 Å². The number of hydrogen-bond donors (Lipinski definition) is 3. The molecule has 10 heteroatoms. The van der Waals surface area contributed by atoms with Gasteiger partial charge in [-0.25, -0.2) is 12.7 Å². The second kappa shape index (κ2) is 11.0. The van der Waals surface area contributed by atoms with Crippen LogP contribution in [0.5, 0.6) is 0 Å². The van der Waals surface area contributed by atoms with Crippen LogP contribution in [0.15, 0.2) is 17.1 Å². The number of guanidine groups is 1. The Morgan fingerprint density at radius 2 is 2.12 bits per heavy atom. The molecule has 144 valence electrons. The summed E-state index contributed by atoms with van der Waals surface area (Å²) in [5.41, 5.74) is 0. The van der Waals surface area contributed by atoms with Crippen molar-refractivity contribution in [1.29, 1.82) is 0 Å². The van der Waals surface area contributed by atoms with Gasteiger partial charge in [-0.05, 0) is 25.5 Å². The number of halogens is 1. The first-order chi connectivity index (χ1) is 11.8. The molecule has 0 aliphatic rings. The van der Waals surface area contributed by atoms with Gasteiger partial charge >= 0.3 is 0 Å². The van der Waals surface area contributed by atoms with E-state index in [-0.39, 0.29) is 6.54 Å². The van der Waals surface area contributed by atoms with Crippen LogP contribution >= 0.6 is 22.9 Å². The Morgan fingerprint density at radius 3 is 2.64 bits per heavy atom. The number of rotatable bonds is 10. The largest absolute Gasteiger partial charge is 0.386 e. The normalized spacial score (nSPS) is 13.9. The molecule has 0 aromatic carbocycles. The highest BCUT2D eigenvalue weighted by molar-refractivity contribution is 7.88. The molecule has 25 heavy (non-hydrogen) atoms. The number of thiophene rings is 1. The molecule has 0 radical (unpaired) electrons. The highest BCUT2D eigenvalue weighted by atomic mass is 35.5. The van der Waals surface area contributed by atoms with E-state index in [4.69, 9.17) is 11.6 Å². The summed E-state index contributed by atoms with van der Waals surface area (Å²) in [6.45, 7) is 6.18. The SMILES string of the molecule is CCNC(=NCC(O)c1ccc(Cl)s1)NCCCN(CC)S(C)(=O)=O. The molecule has 0 bridgehead atoms. The second-order valence-electron chi connectivity index (χ2n) is 5.41. The third-order valence-electron chi connectivity index (χ3n) is 3.39. The number of hydrogen-bond acceptors (Lipinski definition) is 5. The fraction of sp³-hybridized carbons (Fsp3) is 0.667. The van der Waals surface area contributed by atoms with Crippen LogP contribution in [-0.4, -0.2) is 62.8 Å². The molecule has 1 aromatic rings. The third kappa shape index (κ3) is 8.37. The van der Waals surface area contributed by atoms with E-state index in [0.717, 1.165) is 4.88 Å². The molecule has 0 saturated carbocycles. The van der Waals surface area contributed by atoms with Gasteiger partial charge in [-0.1, -0.05) is 18.5 Å². The maximum atomic E-state index is 11.5. The summed E-state index contributed by atoms with van der Waals surface area (Å²) >= 11 is 7.20. The minimum absolute atomic E-state index is 0.219. The summed E-state index contributed by atoms with van der Waals surface area (Å²) in [5, 5.41) is 16.4. The van der Waals surface area contributed by atoms with Crippen molar-refractivity contribution in [2.75, 3.05) is 39.0 Å². The van der Waals surface area contributed by atoms with Crippen LogP contribution in [-0.2, 0) is 10.0 Å². The van der Waals surface area contributed by atoms with Gasteiger partial charge in [0.25, 0.3) is 0 Å². The highest BCUT2D eigenvalue weighted by Crippen LogP contribution is 2.26. The molecule has 0 saturated heterocycles. The molecule has 0 spiro atoms. The minimum atomic E-state index is -3.16. The average molecular weight is 411 g/mol. The highest BCUT2D eigenvalue weighted by Gasteiger charge is 2.13. The molecule has 0 amide bonds. The predicted octanol–water partition coefficient (Wildman–Crippen LogP) is 1.66.